The van der Waals surface area contributed by atoms with E-state index in [4.69, 9.17) is 0 Å². The number of thiol groups is 2. The molecule has 0 fully saturated rings. The van der Waals surface area contributed by atoms with Crippen LogP contribution in [0.25, 0.3) is 0 Å². The number of imidazole rings is 2. The quantitative estimate of drug-likeness (QED) is 0.292. The third-order valence-corrected chi connectivity index (χ3v) is 10.2. The van der Waals surface area contributed by atoms with E-state index in [1.165, 1.54) is 0 Å². The highest BCUT2D eigenvalue weighted by Gasteiger charge is 2.24. The maximum absolute atomic E-state index is 12.6. The molecule has 2 aromatic rings. The highest BCUT2D eigenvalue weighted by atomic mass is 32.2. The molecule has 37 heavy (non-hydrogen) atoms. The third-order valence-electron chi connectivity index (χ3n) is 6.66. The summed E-state index contributed by atoms with van der Waals surface area (Å²) in [7, 11) is -1.99. The fourth-order valence-electron chi connectivity index (χ4n) is 4.16. The van der Waals surface area contributed by atoms with Crippen molar-refractivity contribution in [1.82, 2.24) is 18.3 Å². The molecular weight excluding hydrogens is 549 g/mol. The van der Waals surface area contributed by atoms with Gasteiger partial charge in [-0.05, 0) is 43.9 Å². The third kappa shape index (κ3) is 9.61. The van der Waals surface area contributed by atoms with Gasteiger partial charge in [-0.3, -0.25) is 26.7 Å². The molecule has 2 atom stereocenters. The molecule has 0 spiro atoms. The number of hydrogen-bond acceptors (Lipinski definition) is 6. The van der Waals surface area contributed by atoms with Crippen molar-refractivity contribution in [2.45, 2.75) is 97.0 Å². The largest absolute Gasteiger partial charge is 0.329 e. The maximum atomic E-state index is 12.6. The van der Waals surface area contributed by atoms with Crippen molar-refractivity contribution >= 4 is 46.9 Å². The van der Waals surface area contributed by atoms with Crippen LogP contribution < -0.4 is 11.4 Å². The Morgan fingerprint density at radius 1 is 0.703 bits per heavy atom. The summed E-state index contributed by atoms with van der Waals surface area (Å²) in [5.41, 5.74) is -0.522. The molecule has 0 saturated carbocycles. The smallest absolute Gasteiger partial charge is 0.298 e. The van der Waals surface area contributed by atoms with Gasteiger partial charge in [-0.1, -0.05) is 27.7 Å². The number of aromatic nitrogens is 4. The second-order valence-electron chi connectivity index (χ2n) is 11.2. The zero-order valence-electron chi connectivity index (χ0n) is 23.1. The lowest BCUT2D eigenvalue weighted by Crippen LogP contribution is -2.31. The molecular formula is C25H44N4O4S4. The van der Waals surface area contributed by atoms with E-state index in [1.54, 1.807) is 30.7 Å². The van der Waals surface area contributed by atoms with Crippen LogP contribution in [0.3, 0.4) is 0 Å². The Morgan fingerprint density at radius 2 is 1.05 bits per heavy atom. The van der Waals surface area contributed by atoms with Crippen molar-refractivity contribution in [3.05, 3.63) is 33.4 Å². The lowest BCUT2D eigenvalue weighted by atomic mass is 9.90. The SMILES string of the molecule is CCn1cc(S)n(CC(C)(C)CCS(=O)CCCS(=O)CCC(C)(C)Cn2c(S)cn(CC)c2=O)c1=O. The van der Waals surface area contributed by atoms with Gasteiger partial charge in [0.05, 0.1) is 10.1 Å². The van der Waals surface area contributed by atoms with Crippen LogP contribution in [0.2, 0.25) is 0 Å². The second kappa shape index (κ2) is 13.9. The summed E-state index contributed by atoms with van der Waals surface area (Å²) >= 11 is 8.87. The van der Waals surface area contributed by atoms with Crippen molar-refractivity contribution in [2.24, 2.45) is 10.8 Å². The summed E-state index contributed by atoms with van der Waals surface area (Å²) in [5, 5.41) is 1.29. The average Bonchev–Trinajstić information content (AvgIpc) is 3.25. The molecule has 0 radical (unpaired) electrons. The van der Waals surface area contributed by atoms with Crippen molar-refractivity contribution < 1.29 is 8.42 Å². The van der Waals surface area contributed by atoms with Crippen LogP contribution in [0.5, 0.6) is 0 Å². The van der Waals surface area contributed by atoms with Gasteiger partial charge >= 0.3 is 11.4 Å². The molecule has 8 nitrogen and oxygen atoms in total. The van der Waals surface area contributed by atoms with Crippen molar-refractivity contribution in [3.63, 3.8) is 0 Å². The zero-order valence-corrected chi connectivity index (χ0v) is 26.5. The van der Waals surface area contributed by atoms with Gasteiger partial charge in [0.2, 0.25) is 0 Å². The molecule has 0 bridgehead atoms. The molecule has 0 aliphatic heterocycles. The van der Waals surface area contributed by atoms with E-state index < -0.39 is 21.6 Å². The van der Waals surface area contributed by atoms with E-state index in [1.807, 2.05) is 13.8 Å². The van der Waals surface area contributed by atoms with Gasteiger partial charge in [0.15, 0.2) is 0 Å². The van der Waals surface area contributed by atoms with Crippen molar-refractivity contribution in [1.29, 1.82) is 0 Å². The van der Waals surface area contributed by atoms with Crippen LogP contribution >= 0.6 is 25.3 Å². The van der Waals surface area contributed by atoms with Crippen LogP contribution in [-0.2, 0) is 47.8 Å². The average molecular weight is 593 g/mol. The van der Waals surface area contributed by atoms with Crippen LogP contribution in [0, 0.1) is 10.8 Å². The van der Waals surface area contributed by atoms with Crippen LogP contribution in [0.15, 0.2) is 32.0 Å². The lowest BCUT2D eigenvalue weighted by Gasteiger charge is -2.25. The summed E-state index contributed by atoms with van der Waals surface area (Å²) in [6, 6.07) is 0. The topological polar surface area (TPSA) is 88.0 Å². The minimum Gasteiger partial charge on any atom is -0.298 e. The Hall–Kier alpha value is -0.980. The molecule has 0 amide bonds. The maximum Gasteiger partial charge on any atom is 0.329 e. The molecule has 0 aliphatic carbocycles. The minimum atomic E-state index is -0.995. The first kappa shape index (κ1) is 32.2. The summed E-state index contributed by atoms with van der Waals surface area (Å²) in [4.78, 5) is 24.9. The predicted molar refractivity (Wildman–Crippen MR) is 160 cm³/mol. The van der Waals surface area contributed by atoms with E-state index in [-0.39, 0.29) is 22.2 Å². The molecule has 0 saturated heterocycles. The van der Waals surface area contributed by atoms with E-state index in [2.05, 4.69) is 53.0 Å². The van der Waals surface area contributed by atoms with Gasteiger partial charge in [0.1, 0.15) is 0 Å². The molecule has 2 rings (SSSR count). The molecule has 0 aromatic carbocycles. The Bertz CT molecular complexity index is 1110. The Balaban J connectivity index is 1.74. The lowest BCUT2D eigenvalue weighted by molar-refractivity contribution is 0.282. The fourth-order valence-corrected chi connectivity index (χ4v) is 7.84. The molecule has 2 aromatic heterocycles. The molecule has 12 heteroatoms. The van der Waals surface area contributed by atoms with Crippen molar-refractivity contribution in [3.8, 4) is 0 Å². The van der Waals surface area contributed by atoms with E-state index in [0.717, 1.165) is 12.8 Å². The summed E-state index contributed by atoms with van der Waals surface area (Å²) in [6.45, 7) is 14.4. The Morgan fingerprint density at radius 3 is 1.35 bits per heavy atom. The second-order valence-corrected chi connectivity index (χ2v) is 15.5. The van der Waals surface area contributed by atoms with Gasteiger partial charge < -0.3 is 0 Å². The Kier molecular flexibility index (Phi) is 12.1. The predicted octanol–water partition coefficient (Wildman–Crippen LogP) is 3.65. The zero-order chi connectivity index (χ0) is 28.0. The summed E-state index contributed by atoms with van der Waals surface area (Å²) in [6.07, 6.45) is 5.60. The number of aryl methyl sites for hydroxylation is 2. The van der Waals surface area contributed by atoms with E-state index >= 15 is 0 Å². The molecule has 212 valence electrons. The Labute approximate surface area is 237 Å². The van der Waals surface area contributed by atoms with Crippen molar-refractivity contribution in [2.75, 3.05) is 23.0 Å². The summed E-state index contributed by atoms with van der Waals surface area (Å²) < 4.78 is 31.8. The van der Waals surface area contributed by atoms with E-state index in [9.17, 15) is 18.0 Å². The van der Waals surface area contributed by atoms with Gasteiger partial charge in [0, 0.05) is 83.2 Å². The number of nitrogens with zero attached hydrogens (tertiary/aromatic N) is 4. The highest BCUT2D eigenvalue weighted by molar-refractivity contribution is 7.85. The van der Waals surface area contributed by atoms with E-state index in [0.29, 0.717) is 65.7 Å². The first-order chi connectivity index (χ1) is 17.2. The van der Waals surface area contributed by atoms with Gasteiger partial charge in [-0.15, -0.1) is 25.3 Å². The first-order valence-electron chi connectivity index (χ1n) is 12.9. The van der Waals surface area contributed by atoms with Crippen LogP contribution in [0.1, 0.15) is 60.8 Å². The summed E-state index contributed by atoms with van der Waals surface area (Å²) in [5.74, 6) is 2.16. The van der Waals surface area contributed by atoms with Gasteiger partial charge in [0.25, 0.3) is 0 Å². The van der Waals surface area contributed by atoms with Gasteiger partial charge in [-0.25, -0.2) is 9.59 Å². The van der Waals surface area contributed by atoms with Crippen LogP contribution in [0.4, 0.5) is 0 Å². The molecule has 2 heterocycles. The standard InChI is InChI=1S/C25H44N4O4S4/c1-7-26-16-20(34)28(22(26)30)18-24(3,4)10-14-36(32)12-9-13-37(33)15-11-25(5,6)19-29-21(35)17-27(8-2)23(29)31/h16-17,34-35H,7-15,18-19H2,1-6H3. The molecule has 0 aliphatic rings. The normalized spacial score (nSPS) is 14.3. The number of rotatable bonds is 16. The highest BCUT2D eigenvalue weighted by Crippen LogP contribution is 2.25. The monoisotopic (exact) mass is 592 g/mol. The molecule has 2 unspecified atom stereocenters. The fraction of sp³-hybridized carbons (Fsp3) is 0.760. The van der Waals surface area contributed by atoms with Crippen LogP contribution in [-0.4, -0.2) is 49.7 Å². The van der Waals surface area contributed by atoms with Gasteiger partial charge in [-0.2, -0.15) is 0 Å². The number of hydrogen-bond donors (Lipinski definition) is 2. The first-order valence-corrected chi connectivity index (χ1v) is 16.7. The minimum absolute atomic E-state index is 0.0650. The molecule has 0 N–H and O–H groups in total.